The molecule has 5 aromatic rings. The number of aromatic nitrogens is 3. The van der Waals surface area contributed by atoms with Crippen molar-refractivity contribution in [2.45, 2.75) is 42.2 Å². The van der Waals surface area contributed by atoms with Crippen LogP contribution in [0.25, 0.3) is 16.7 Å². The summed E-state index contributed by atoms with van der Waals surface area (Å²) in [5.41, 5.74) is 0.831. The lowest BCUT2D eigenvalue weighted by Gasteiger charge is -2.43. The SMILES string of the molecule is O=C([C@@H]1CCN(S(=O)(=O)c2cccc(F)c2)C[C@H]1c1ccccc1)N1CCC(O)(Cn2cnc3c(ccn3-c3ccccc3)c2=O)CC1. The first-order valence-electron chi connectivity index (χ1n) is 16.1. The van der Waals surface area contributed by atoms with Crippen LogP contribution in [0.2, 0.25) is 0 Å². The molecule has 48 heavy (non-hydrogen) atoms. The van der Waals surface area contributed by atoms with Crippen LogP contribution >= 0.6 is 0 Å². The number of piperidine rings is 2. The van der Waals surface area contributed by atoms with Gasteiger partial charge in [0, 0.05) is 49.9 Å². The first kappa shape index (κ1) is 31.9. The number of rotatable bonds is 7. The van der Waals surface area contributed by atoms with Gasteiger partial charge in [0.15, 0.2) is 5.65 Å². The van der Waals surface area contributed by atoms with Crippen LogP contribution in [0.5, 0.6) is 0 Å². The summed E-state index contributed by atoms with van der Waals surface area (Å²) >= 11 is 0. The highest BCUT2D eigenvalue weighted by atomic mass is 32.2. The minimum atomic E-state index is -3.97. The fourth-order valence-corrected chi connectivity index (χ4v) is 8.58. The third-order valence-corrected chi connectivity index (χ3v) is 11.6. The molecular formula is C36H36FN5O5S. The first-order valence-corrected chi connectivity index (χ1v) is 17.5. The van der Waals surface area contributed by atoms with E-state index < -0.39 is 33.3 Å². The smallest absolute Gasteiger partial charge is 0.262 e. The minimum absolute atomic E-state index is 0.0519. The quantitative estimate of drug-likeness (QED) is 0.278. The monoisotopic (exact) mass is 669 g/mol. The van der Waals surface area contributed by atoms with Crippen LogP contribution in [0.4, 0.5) is 4.39 Å². The van der Waals surface area contributed by atoms with Crippen LogP contribution in [0, 0.1) is 11.7 Å². The Morgan fingerprint density at radius 3 is 2.35 bits per heavy atom. The summed E-state index contributed by atoms with van der Waals surface area (Å²) in [6, 6.07) is 25.7. The Hall–Kier alpha value is -4.65. The lowest BCUT2D eigenvalue weighted by atomic mass is 9.80. The molecule has 7 rings (SSSR count). The van der Waals surface area contributed by atoms with E-state index in [1.807, 2.05) is 71.4 Å². The van der Waals surface area contributed by atoms with Crippen LogP contribution in [0.3, 0.4) is 0 Å². The topological polar surface area (TPSA) is 118 Å². The van der Waals surface area contributed by atoms with Crippen LogP contribution in [0.15, 0.2) is 113 Å². The number of nitrogens with zero attached hydrogens (tertiary/aromatic N) is 5. The second-order valence-electron chi connectivity index (χ2n) is 12.7. The van der Waals surface area contributed by atoms with Crippen LogP contribution in [-0.4, -0.2) is 74.5 Å². The molecule has 0 saturated carbocycles. The van der Waals surface area contributed by atoms with E-state index in [2.05, 4.69) is 4.98 Å². The van der Waals surface area contributed by atoms with Crippen molar-refractivity contribution >= 4 is 27.0 Å². The first-order chi connectivity index (χ1) is 23.1. The number of fused-ring (bicyclic) bond motifs is 1. The maximum absolute atomic E-state index is 14.1. The Kier molecular flexibility index (Phi) is 8.48. The number of benzene rings is 3. The molecule has 4 heterocycles. The average molecular weight is 670 g/mol. The Bertz CT molecular complexity index is 2110. The van der Waals surface area contributed by atoms with Crippen molar-refractivity contribution in [1.82, 2.24) is 23.3 Å². The average Bonchev–Trinajstić information content (AvgIpc) is 3.55. The van der Waals surface area contributed by atoms with Crippen molar-refractivity contribution in [1.29, 1.82) is 0 Å². The lowest BCUT2D eigenvalue weighted by Crippen LogP contribution is -2.53. The fourth-order valence-electron chi connectivity index (χ4n) is 7.07. The highest BCUT2D eigenvalue weighted by molar-refractivity contribution is 7.89. The van der Waals surface area contributed by atoms with Gasteiger partial charge in [-0.3, -0.25) is 14.2 Å². The van der Waals surface area contributed by atoms with Gasteiger partial charge in [-0.2, -0.15) is 4.31 Å². The van der Waals surface area contributed by atoms with E-state index in [0.717, 1.165) is 17.3 Å². The van der Waals surface area contributed by atoms with Gasteiger partial charge in [0.1, 0.15) is 12.1 Å². The number of hydrogen-bond donors (Lipinski definition) is 1. The minimum Gasteiger partial charge on any atom is -0.388 e. The van der Waals surface area contributed by atoms with E-state index in [1.165, 1.54) is 33.4 Å². The zero-order valence-electron chi connectivity index (χ0n) is 26.2. The zero-order chi connectivity index (χ0) is 33.5. The third-order valence-electron chi connectivity index (χ3n) is 9.73. The Morgan fingerprint density at radius 2 is 1.65 bits per heavy atom. The molecule has 0 bridgehead atoms. The number of sulfonamides is 1. The van der Waals surface area contributed by atoms with Crippen molar-refractivity contribution in [3.8, 4) is 5.69 Å². The van der Waals surface area contributed by atoms with Crippen molar-refractivity contribution in [2.75, 3.05) is 26.2 Å². The number of hydrogen-bond acceptors (Lipinski definition) is 6. The second-order valence-corrected chi connectivity index (χ2v) is 14.7. The number of carbonyl (C=O) groups is 1. The van der Waals surface area contributed by atoms with Crippen molar-refractivity contribution < 1.29 is 22.7 Å². The van der Waals surface area contributed by atoms with Crippen molar-refractivity contribution in [3.63, 3.8) is 0 Å². The molecule has 0 radical (unpaired) electrons. The van der Waals surface area contributed by atoms with Gasteiger partial charge < -0.3 is 14.6 Å². The van der Waals surface area contributed by atoms with Crippen LogP contribution in [-0.2, 0) is 21.4 Å². The Morgan fingerprint density at radius 1 is 0.938 bits per heavy atom. The summed E-state index contributed by atoms with van der Waals surface area (Å²) < 4.78 is 45.5. The number of amides is 1. The molecule has 0 spiro atoms. The van der Waals surface area contributed by atoms with Gasteiger partial charge in [-0.05, 0) is 61.2 Å². The summed E-state index contributed by atoms with van der Waals surface area (Å²) in [6.45, 7) is 0.861. The predicted octanol–water partition coefficient (Wildman–Crippen LogP) is 4.17. The third kappa shape index (κ3) is 6.07. The molecule has 3 aromatic carbocycles. The Balaban J connectivity index is 1.05. The van der Waals surface area contributed by atoms with Gasteiger partial charge in [0.25, 0.3) is 5.56 Å². The molecule has 0 aliphatic carbocycles. The van der Waals surface area contributed by atoms with Gasteiger partial charge >= 0.3 is 0 Å². The van der Waals surface area contributed by atoms with Gasteiger partial charge in [-0.15, -0.1) is 0 Å². The van der Waals surface area contributed by atoms with Crippen LogP contribution in [0.1, 0.15) is 30.7 Å². The van der Waals surface area contributed by atoms with Gasteiger partial charge in [0.05, 0.1) is 22.4 Å². The largest absolute Gasteiger partial charge is 0.388 e. The summed E-state index contributed by atoms with van der Waals surface area (Å²) in [6.07, 6.45) is 4.13. The standard InChI is InChI=1S/C36H36FN5O5S/c37-27-10-7-13-29(22-27)48(46,47)41-18-14-30(32(23-41)26-8-3-1-4-9-26)34(43)39-20-16-36(45,17-21-39)24-40-25-38-33-31(35(40)44)15-19-42(33)28-11-5-2-6-12-28/h1-13,15,19,22,25,30,32,45H,14,16-18,20-21,23-24H2/t30-,32+/m1/s1. The second kappa shape index (κ2) is 12.8. The van der Waals surface area contributed by atoms with Gasteiger partial charge in [0.2, 0.25) is 15.9 Å². The maximum atomic E-state index is 14.1. The van der Waals surface area contributed by atoms with E-state index in [4.69, 9.17) is 0 Å². The zero-order valence-corrected chi connectivity index (χ0v) is 27.0. The number of para-hydroxylation sites is 1. The van der Waals surface area contributed by atoms with E-state index in [-0.39, 0.29) is 48.8 Å². The molecule has 2 aliphatic heterocycles. The molecule has 2 aliphatic rings. The van der Waals surface area contributed by atoms with Gasteiger partial charge in [-0.1, -0.05) is 54.6 Å². The predicted molar refractivity (Wildman–Crippen MR) is 179 cm³/mol. The van der Waals surface area contributed by atoms with E-state index in [0.29, 0.717) is 30.5 Å². The van der Waals surface area contributed by atoms with Gasteiger partial charge in [-0.25, -0.2) is 17.8 Å². The molecule has 12 heteroatoms. The lowest BCUT2D eigenvalue weighted by molar-refractivity contribution is -0.142. The van der Waals surface area contributed by atoms with Crippen molar-refractivity contribution in [2.24, 2.45) is 5.92 Å². The van der Waals surface area contributed by atoms with E-state index in [1.54, 1.807) is 11.0 Å². The number of carbonyl (C=O) groups excluding carboxylic acids is 1. The summed E-state index contributed by atoms with van der Waals surface area (Å²) in [4.78, 5) is 33.6. The van der Waals surface area contributed by atoms with E-state index in [9.17, 15) is 27.5 Å². The highest BCUT2D eigenvalue weighted by Crippen LogP contribution is 2.37. The fraction of sp³-hybridized carbons (Fsp3) is 0.306. The molecule has 2 atom stereocenters. The van der Waals surface area contributed by atoms with Crippen molar-refractivity contribution in [3.05, 3.63) is 125 Å². The molecule has 1 amide bonds. The van der Waals surface area contributed by atoms with Crippen LogP contribution < -0.4 is 5.56 Å². The number of likely N-dealkylation sites (tertiary alicyclic amines) is 1. The normalized spacial score (nSPS) is 20.2. The molecule has 248 valence electrons. The summed E-state index contributed by atoms with van der Waals surface area (Å²) in [7, 11) is -3.97. The van der Waals surface area contributed by atoms with E-state index >= 15 is 0 Å². The summed E-state index contributed by atoms with van der Waals surface area (Å²) in [5.74, 6) is -1.59. The number of aliphatic hydroxyl groups is 1. The molecule has 2 saturated heterocycles. The molecule has 1 N–H and O–H groups in total. The molecule has 2 fully saturated rings. The molecular weight excluding hydrogens is 633 g/mol. The maximum Gasteiger partial charge on any atom is 0.262 e. The molecule has 2 aromatic heterocycles. The Labute approximate surface area is 277 Å². The molecule has 10 nitrogen and oxygen atoms in total. The summed E-state index contributed by atoms with van der Waals surface area (Å²) in [5, 5.41) is 12.0. The number of halogens is 1. The molecule has 0 unspecified atom stereocenters. The highest BCUT2D eigenvalue weighted by Gasteiger charge is 2.43.